The molecule has 0 unspecified atom stereocenters. The van der Waals surface area contributed by atoms with Gasteiger partial charge < -0.3 is 9.72 Å². The summed E-state index contributed by atoms with van der Waals surface area (Å²) in [5, 5.41) is 0. The molecule has 3 heterocycles. The number of halogens is 1. The third-order valence-electron chi connectivity index (χ3n) is 5.48. The Labute approximate surface area is 142 Å². The molecule has 2 aliphatic heterocycles. The van der Waals surface area contributed by atoms with E-state index in [1.54, 1.807) is 12.1 Å². The normalized spacial score (nSPS) is 23.8. The summed E-state index contributed by atoms with van der Waals surface area (Å²) in [6.07, 6.45) is 8.17. The van der Waals surface area contributed by atoms with E-state index in [0.29, 0.717) is 5.41 Å². The molecule has 0 saturated carbocycles. The minimum absolute atomic E-state index is 0.161. The van der Waals surface area contributed by atoms with E-state index in [4.69, 9.17) is 4.74 Å². The van der Waals surface area contributed by atoms with Crippen LogP contribution in [-0.4, -0.2) is 40.7 Å². The minimum atomic E-state index is -0.161. The van der Waals surface area contributed by atoms with Gasteiger partial charge in [0, 0.05) is 12.4 Å². The van der Waals surface area contributed by atoms with E-state index < -0.39 is 0 Å². The summed E-state index contributed by atoms with van der Waals surface area (Å²) < 4.78 is 19.4. The first-order valence-electron chi connectivity index (χ1n) is 8.78. The number of nitrogens with one attached hydrogen (secondary N) is 1. The van der Waals surface area contributed by atoms with Gasteiger partial charge in [0.05, 0.1) is 19.3 Å². The van der Waals surface area contributed by atoms with Gasteiger partial charge in [0.25, 0.3) is 0 Å². The maximum absolute atomic E-state index is 13.3. The number of rotatable bonds is 4. The second-order valence-electron chi connectivity index (χ2n) is 7.28. The van der Waals surface area contributed by atoms with Crippen LogP contribution in [0.1, 0.15) is 30.7 Å². The lowest BCUT2D eigenvalue weighted by Gasteiger charge is -2.38. The van der Waals surface area contributed by atoms with Crippen molar-refractivity contribution in [2.24, 2.45) is 5.41 Å². The minimum Gasteiger partial charge on any atom is -0.377 e. The number of H-pyrrole nitrogens is 1. The number of hydrogen-bond donors (Lipinski definition) is 1. The summed E-state index contributed by atoms with van der Waals surface area (Å²) >= 11 is 0. The number of likely N-dealkylation sites (tertiary alicyclic amines) is 1. The van der Waals surface area contributed by atoms with Gasteiger partial charge in [0.15, 0.2) is 0 Å². The summed E-state index contributed by atoms with van der Waals surface area (Å²) in [4.78, 5) is 9.95. The average Bonchev–Trinajstić information content (AvgIpc) is 3.21. The third-order valence-corrected chi connectivity index (χ3v) is 5.48. The fourth-order valence-electron chi connectivity index (χ4n) is 4.08. The highest BCUT2D eigenvalue weighted by atomic mass is 19.1. The van der Waals surface area contributed by atoms with Gasteiger partial charge >= 0.3 is 0 Å². The van der Waals surface area contributed by atoms with E-state index in [2.05, 4.69) is 14.9 Å². The summed E-state index contributed by atoms with van der Waals surface area (Å²) in [7, 11) is 0. The zero-order chi connectivity index (χ0) is 16.4. The summed E-state index contributed by atoms with van der Waals surface area (Å²) in [6, 6.07) is 6.89. The van der Waals surface area contributed by atoms with E-state index in [0.717, 1.165) is 50.5 Å². The van der Waals surface area contributed by atoms with Gasteiger partial charge in [-0.05, 0) is 61.9 Å². The molecule has 1 N–H and O–H groups in total. The molecular weight excluding hydrogens is 305 g/mol. The monoisotopic (exact) mass is 329 g/mol. The molecule has 2 aromatic rings. The predicted octanol–water partition coefficient (Wildman–Crippen LogP) is 3.16. The van der Waals surface area contributed by atoms with Crippen LogP contribution in [0.3, 0.4) is 0 Å². The second kappa shape index (κ2) is 6.65. The molecular formula is C19H24FN3O. The van der Waals surface area contributed by atoms with Gasteiger partial charge in [-0.2, -0.15) is 0 Å². The van der Waals surface area contributed by atoms with Crippen LogP contribution < -0.4 is 0 Å². The van der Waals surface area contributed by atoms with Crippen molar-refractivity contribution < 1.29 is 9.13 Å². The highest BCUT2D eigenvalue weighted by molar-refractivity contribution is 5.17. The second-order valence-corrected chi connectivity index (χ2v) is 7.28. The van der Waals surface area contributed by atoms with Crippen LogP contribution in [0.25, 0.3) is 0 Å². The Bertz CT molecular complexity index is 665. The average molecular weight is 329 g/mol. The number of hydrogen-bond acceptors (Lipinski definition) is 3. The molecule has 24 heavy (non-hydrogen) atoms. The number of benzene rings is 1. The van der Waals surface area contributed by atoms with Gasteiger partial charge in [-0.25, -0.2) is 9.37 Å². The number of imidazole rings is 1. The Balaban J connectivity index is 1.30. The Hall–Kier alpha value is -1.72. The van der Waals surface area contributed by atoms with Crippen molar-refractivity contribution in [2.75, 3.05) is 19.7 Å². The predicted molar refractivity (Wildman–Crippen MR) is 90.0 cm³/mol. The lowest BCUT2D eigenvalue weighted by Crippen LogP contribution is -2.40. The highest BCUT2D eigenvalue weighted by Crippen LogP contribution is 2.42. The lowest BCUT2D eigenvalue weighted by molar-refractivity contribution is 0.0625. The molecule has 0 aliphatic carbocycles. The van der Waals surface area contributed by atoms with Gasteiger partial charge in [0.1, 0.15) is 11.6 Å². The largest absolute Gasteiger partial charge is 0.377 e. The molecule has 1 atom stereocenters. The van der Waals surface area contributed by atoms with Gasteiger partial charge in [-0.15, -0.1) is 0 Å². The fraction of sp³-hybridized carbons (Fsp3) is 0.526. The van der Waals surface area contributed by atoms with E-state index in [1.165, 1.54) is 18.9 Å². The molecule has 1 aromatic carbocycles. The van der Waals surface area contributed by atoms with E-state index in [1.807, 2.05) is 18.5 Å². The standard InChI is InChI=1S/C19H24FN3O/c20-16-3-1-2-15(10-16)11-17-12-19(14-24-17)4-8-23(9-5-19)13-18-21-6-7-22-18/h1-3,6-7,10,17H,4-5,8-9,11-14H2,(H,21,22)/t17-/m1/s1. The molecule has 2 fully saturated rings. The number of piperidine rings is 1. The molecule has 128 valence electrons. The van der Waals surface area contributed by atoms with E-state index in [9.17, 15) is 4.39 Å². The maximum Gasteiger partial charge on any atom is 0.123 e. The third kappa shape index (κ3) is 3.52. The van der Waals surface area contributed by atoms with Gasteiger partial charge in [-0.1, -0.05) is 12.1 Å². The zero-order valence-electron chi connectivity index (χ0n) is 13.9. The Kier molecular flexibility index (Phi) is 4.37. The first-order valence-corrected chi connectivity index (χ1v) is 8.78. The lowest BCUT2D eigenvalue weighted by atomic mass is 9.76. The molecule has 2 saturated heterocycles. The van der Waals surface area contributed by atoms with Crippen molar-refractivity contribution in [2.45, 2.75) is 38.3 Å². The first kappa shape index (κ1) is 15.8. The number of nitrogens with zero attached hydrogens (tertiary/aromatic N) is 2. The Morgan fingerprint density at radius 1 is 1.33 bits per heavy atom. The number of aromatic nitrogens is 2. The highest BCUT2D eigenvalue weighted by Gasteiger charge is 2.42. The first-order chi connectivity index (χ1) is 11.7. The van der Waals surface area contributed by atoms with E-state index in [-0.39, 0.29) is 11.9 Å². The fourth-order valence-corrected chi connectivity index (χ4v) is 4.08. The van der Waals surface area contributed by atoms with Crippen LogP contribution in [0, 0.1) is 11.2 Å². The molecule has 2 aliphatic rings. The van der Waals surface area contributed by atoms with Crippen LogP contribution >= 0.6 is 0 Å². The smallest absolute Gasteiger partial charge is 0.123 e. The van der Waals surface area contributed by atoms with Crippen molar-refractivity contribution in [1.29, 1.82) is 0 Å². The van der Waals surface area contributed by atoms with Crippen LogP contribution in [0.4, 0.5) is 4.39 Å². The van der Waals surface area contributed by atoms with E-state index >= 15 is 0 Å². The molecule has 0 amide bonds. The Morgan fingerprint density at radius 3 is 2.96 bits per heavy atom. The molecule has 1 spiro atoms. The van der Waals surface area contributed by atoms with Crippen molar-refractivity contribution in [3.8, 4) is 0 Å². The van der Waals surface area contributed by atoms with Gasteiger partial charge in [0.2, 0.25) is 0 Å². The molecule has 0 bridgehead atoms. The summed E-state index contributed by atoms with van der Waals surface area (Å²) in [5.41, 5.74) is 1.35. The number of aromatic amines is 1. The molecule has 1 aromatic heterocycles. The van der Waals surface area contributed by atoms with Crippen LogP contribution in [0.5, 0.6) is 0 Å². The Morgan fingerprint density at radius 2 is 2.21 bits per heavy atom. The maximum atomic E-state index is 13.3. The van der Waals surface area contributed by atoms with Crippen molar-refractivity contribution in [3.63, 3.8) is 0 Å². The summed E-state index contributed by atoms with van der Waals surface area (Å²) in [6.45, 7) is 3.94. The van der Waals surface area contributed by atoms with Crippen LogP contribution in [0.2, 0.25) is 0 Å². The molecule has 0 radical (unpaired) electrons. The van der Waals surface area contributed by atoms with Crippen molar-refractivity contribution in [3.05, 3.63) is 53.9 Å². The molecule has 4 nitrogen and oxygen atoms in total. The van der Waals surface area contributed by atoms with Crippen LogP contribution in [0.15, 0.2) is 36.7 Å². The van der Waals surface area contributed by atoms with Crippen molar-refractivity contribution in [1.82, 2.24) is 14.9 Å². The molecule has 4 rings (SSSR count). The number of ether oxygens (including phenoxy) is 1. The van der Waals surface area contributed by atoms with Crippen molar-refractivity contribution >= 4 is 0 Å². The SMILES string of the molecule is Fc1cccc(C[C@@H]2CC3(CCN(Cc4ncc[nH]4)CC3)CO2)c1. The topological polar surface area (TPSA) is 41.2 Å². The molecule has 5 heteroatoms. The summed E-state index contributed by atoms with van der Waals surface area (Å²) in [5.74, 6) is 0.879. The zero-order valence-corrected chi connectivity index (χ0v) is 13.9. The van der Waals surface area contributed by atoms with Crippen LogP contribution in [-0.2, 0) is 17.7 Å². The van der Waals surface area contributed by atoms with Gasteiger partial charge in [-0.3, -0.25) is 4.90 Å². The quantitative estimate of drug-likeness (QED) is 0.937.